The summed E-state index contributed by atoms with van der Waals surface area (Å²) >= 11 is 0. The van der Waals surface area contributed by atoms with Crippen LogP contribution >= 0.6 is 0 Å². The van der Waals surface area contributed by atoms with Crippen molar-refractivity contribution >= 4 is 51.6 Å². The van der Waals surface area contributed by atoms with Crippen molar-refractivity contribution in [2.75, 3.05) is 0 Å². The van der Waals surface area contributed by atoms with Crippen LogP contribution in [0.25, 0.3) is 0 Å². The first-order chi connectivity index (χ1) is 8.90. The molecule has 0 aromatic heterocycles. The monoisotopic (exact) mass is 330 g/mol. The van der Waals surface area contributed by atoms with E-state index in [-0.39, 0.29) is 29.6 Å². The van der Waals surface area contributed by atoms with Gasteiger partial charge in [-0.15, -0.1) is 0 Å². The minimum absolute atomic E-state index is 0. The van der Waals surface area contributed by atoms with Crippen molar-refractivity contribution in [3.8, 4) is 0 Å². The third-order valence-electron chi connectivity index (χ3n) is 1.97. The van der Waals surface area contributed by atoms with E-state index in [1.165, 1.54) is 0 Å². The molecule has 4 N–H and O–H groups in total. The van der Waals surface area contributed by atoms with Crippen molar-refractivity contribution in [2.24, 2.45) is 0 Å². The number of aliphatic hydroxyl groups is 2. The molecule has 0 atom stereocenters. The van der Waals surface area contributed by atoms with Crippen LogP contribution in [-0.4, -0.2) is 75.8 Å². The third kappa shape index (κ3) is 6.09. The first-order valence-corrected chi connectivity index (χ1v) is 6.38. The Morgan fingerprint density at radius 2 is 1.62 bits per heavy atom. The van der Waals surface area contributed by atoms with E-state index in [2.05, 4.69) is 4.74 Å². The fourth-order valence-corrected chi connectivity index (χ4v) is 1.78. The van der Waals surface area contributed by atoms with Gasteiger partial charge in [0, 0.05) is 6.92 Å². The molecule has 9 nitrogen and oxygen atoms in total. The second kappa shape index (κ2) is 6.83. The summed E-state index contributed by atoms with van der Waals surface area (Å²) < 4.78 is 35.0. The van der Waals surface area contributed by atoms with E-state index in [9.17, 15) is 18.0 Å². The van der Waals surface area contributed by atoms with Gasteiger partial charge in [-0.1, -0.05) is 0 Å². The van der Waals surface area contributed by atoms with Crippen molar-refractivity contribution in [2.45, 2.75) is 17.8 Å². The average molecular weight is 330 g/mol. The van der Waals surface area contributed by atoms with Gasteiger partial charge in [0.1, 0.15) is 0 Å². The Morgan fingerprint density at radius 1 is 1.14 bits per heavy atom. The number of hydrogen-bond acceptors (Lipinski definition) is 7. The maximum atomic E-state index is 11.5. The van der Waals surface area contributed by atoms with Gasteiger partial charge in [0.2, 0.25) is 0 Å². The van der Waals surface area contributed by atoms with Gasteiger partial charge in [0.05, 0.1) is 16.0 Å². The van der Waals surface area contributed by atoms with Crippen LogP contribution in [-0.2, 0) is 14.9 Å². The summed E-state index contributed by atoms with van der Waals surface area (Å²) in [5.41, 5.74) is -1.20. The zero-order valence-electron chi connectivity index (χ0n) is 9.97. The number of aromatic carboxylic acids is 1. The standard InChI is InChI=1S/C10H10O9S.Na.H/c1-10(14,15)19-9(13)6-2-5(8(11)12)3-7(4-6)20(16,17)18;;/h2-4,14-15H,1H3,(H,11,12)(H,16,17,18);;. The summed E-state index contributed by atoms with van der Waals surface area (Å²) in [6, 6.07) is 2.02. The van der Waals surface area contributed by atoms with Gasteiger partial charge in [-0.25, -0.2) is 9.59 Å². The number of carboxylic acid groups (broad SMARTS) is 1. The molecule has 0 saturated heterocycles. The van der Waals surface area contributed by atoms with Gasteiger partial charge in [0.15, 0.2) is 0 Å². The number of carboxylic acids is 1. The molecule has 0 aliphatic rings. The molecule has 112 valence electrons. The zero-order valence-corrected chi connectivity index (χ0v) is 10.8. The normalized spacial score (nSPS) is 11.4. The predicted octanol–water partition coefficient (Wildman–Crippen LogP) is -1.20. The Bertz CT molecular complexity index is 660. The minimum atomic E-state index is -4.75. The number of benzene rings is 1. The number of esters is 1. The summed E-state index contributed by atoms with van der Waals surface area (Å²) in [6.07, 6.45) is 0. The molecule has 0 spiro atoms. The average Bonchev–Trinajstić information content (AvgIpc) is 2.24. The molecule has 0 heterocycles. The molecule has 1 rings (SSSR count). The van der Waals surface area contributed by atoms with E-state index in [1.807, 2.05) is 0 Å². The van der Waals surface area contributed by atoms with Crippen LogP contribution in [0, 0.1) is 0 Å². The van der Waals surface area contributed by atoms with Crippen LogP contribution in [0.15, 0.2) is 23.1 Å². The first-order valence-electron chi connectivity index (χ1n) is 4.94. The SMILES string of the molecule is CC(O)(O)OC(=O)c1cc(C(=O)O)cc(S(=O)(=O)O)c1.[NaH]. The first kappa shape index (κ1) is 20.0. The van der Waals surface area contributed by atoms with E-state index in [1.54, 1.807) is 0 Å². The second-order valence-electron chi connectivity index (χ2n) is 3.85. The van der Waals surface area contributed by atoms with Crippen LogP contribution in [0.2, 0.25) is 0 Å². The Labute approximate surface area is 141 Å². The van der Waals surface area contributed by atoms with Crippen LogP contribution < -0.4 is 0 Å². The summed E-state index contributed by atoms with van der Waals surface area (Å²) in [5.74, 6) is -5.76. The fraction of sp³-hybridized carbons (Fsp3) is 0.200. The van der Waals surface area contributed by atoms with Crippen LogP contribution in [0.4, 0.5) is 0 Å². The van der Waals surface area contributed by atoms with E-state index in [0.717, 1.165) is 13.0 Å². The molecule has 0 radical (unpaired) electrons. The number of rotatable bonds is 4. The maximum absolute atomic E-state index is 11.5. The Hall–Kier alpha value is -1.01. The van der Waals surface area contributed by atoms with Gasteiger partial charge < -0.3 is 20.1 Å². The number of hydrogen-bond donors (Lipinski definition) is 4. The van der Waals surface area contributed by atoms with E-state index in [4.69, 9.17) is 19.9 Å². The Balaban J connectivity index is 0.00000400. The number of carbonyl (C=O) groups is 2. The summed E-state index contributed by atoms with van der Waals surface area (Å²) in [5, 5.41) is 26.6. The third-order valence-corrected chi connectivity index (χ3v) is 2.80. The van der Waals surface area contributed by atoms with Crippen LogP contribution in [0.3, 0.4) is 0 Å². The summed E-state index contributed by atoms with van der Waals surface area (Å²) in [7, 11) is -4.75. The molecule has 21 heavy (non-hydrogen) atoms. The van der Waals surface area contributed by atoms with Gasteiger partial charge in [-0.05, 0) is 18.2 Å². The molecular formula is C10H11NaO9S. The van der Waals surface area contributed by atoms with Crippen molar-refractivity contribution in [1.29, 1.82) is 0 Å². The predicted molar refractivity (Wildman–Crippen MR) is 68.6 cm³/mol. The quantitative estimate of drug-likeness (QED) is 0.230. The molecule has 0 bridgehead atoms. The van der Waals surface area contributed by atoms with Crippen molar-refractivity contribution in [3.63, 3.8) is 0 Å². The van der Waals surface area contributed by atoms with E-state index >= 15 is 0 Å². The topological polar surface area (TPSA) is 158 Å². The number of ether oxygens (including phenoxy) is 1. The molecule has 1 aromatic carbocycles. The molecule has 1 aromatic rings. The molecule has 0 fully saturated rings. The van der Waals surface area contributed by atoms with Crippen molar-refractivity contribution in [1.82, 2.24) is 0 Å². The van der Waals surface area contributed by atoms with Gasteiger partial charge in [0.25, 0.3) is 10.1 Å². The van der Waals surface area contributed by atoms with E-state index in [0.29, 0.717) is 12.1 Å². The van der Waals surface area contributed by atoms with Gasteiger partial charge in [-0.2, -0.15) is 8.42 Å². The van der Waals surface area contributed by atoms with Crippen molar-refractivity contribution in [3.05, 3.63) is 29.3 Å². The number of carbonyl (C=O) groups excluding carboxylic acids is 1. The molecule has 0 amide bonds. The van der Waals surface area contributed by atoms with Crippen molar-refractivity contribution < 1.29 is 42.6 Å². The Kier molecular flexibility index (Phi) is 6.50. The summed E-state index contributed by atoms with van der Waals surface area (Å²) in [4.78, 5) is 21.5. The Morgan fingerprint density at radius 3 is 2.00 bits per heavy atom. The van der Waals surface area contributed by atoms with Gasteiger partial charge >= 0.3 is 47.5 Å². The van der Waals surface area contributed by atoms with E-state index < -0.39 is 44.1 Å². The molecule has 0 unspecified atom stereocenters. The van der Waals surface area contributed by atoms with Crippen LogP contribution in [0.5, 0.6) is 0 Å². The molecular weight excluding hydrogens is 319 g/mol. The second-order valence-corrected chi connectivity index (χ2v) is 5.27. The molecule has 0 saturated carbocycles. The fourth-order valence-electron chi connectivity index (χ4n) is 1.22. The zero-order chi connectivity index (χ0) is 15.7. The van der Waals surface area contributed by atoms with Gasteiger partial charge in [-0.3, -0.25) is 4.55 Å². The molecule has 0 aliphatic heterocycles. The molecule has 11 heteroatoms. The molecule has 0 aliphatic carbocycles. The summed E-state index contributed by atoms with van der Waals surface area (Å²) in [6.45, 7) is 0.718. The van der Waals surface area contributed by atoms with Crippen LogP contribution in [0.1, 0.15) is 27.6 Å².